The van der Waals surface area contributed by atoms with Crippen LogP contribution in [-0.4, -0.2) is 31.1 Å². The minimum absolute atomic E-state index is 0.0191. The number of phenols is 1. The summed E-state index contributed by atoms with van der Waals surface area (Å²) in [5.74, 6) is -0.318. The van der Waals surface area contributed by atoms with E-state index >= 15 is 0 Å². The van der Waals surface area contributed by atoms with Crippen molar-refractivity contribution in [3.63, 3.8) is 0 Å². The molecule has 0 aliphatic heterocycles. The summed E-state index contributed by atoms with van der Waals surface area (Å²) in [7, 11) is -2.99. The molecular formula is C25H20ClN3O6S. The lowest BCUT2D eigenvalue weighted by atomic mass is 10.0. The highest BCUT2D eigenvalue weighted by Crippen LogP contribution is 2.40. The van der Waals surface area contributed by atoms with Gasteiger partial charge in [-0.05, 0) is 60.3 Å². The molecule has 0 unspecified atom stereocenters. The van der Waals surface area contributed by atoms with E-state index in [2.05, 4.69) is 15.5 Å². The number of amides is 1. The van der Waals surface area contributed by atoms with Gasteiger partial charge in [0.1, 0.15) is 16.3 Å². The van der Waals surface area contributed by atoms with Crippen LogP contribution in [0, 0.1) is 6.92 Å². The molecular weight excluding hydrogens is 506 g/mol. The van der Waals surface area contributed by atoms with E-state index in [0.717, 1.165) is 0 Å². The Hall–Kier alpha value is -3.99. The highest BCUT2D eigenvalue weighted by atomic mass is 35.5. The minimum atomic E-state index is -4.52. The maximum absolute atomic E-state index is 13.0. The number of ether oxygens (including phenoxy) is 1. The molecule has 9 nitrogen and oxygen atoms in total. The van der Waals surface area contributed by atoms with E-state index in [1.165, 1.54) is 26.2 Å². The van der Waals surface area contributed by atoms with Crippen molar-refractivity contribution in [1.29, 1.82) is 0 Å². The predicted octanol–water partition coefficient (Wildman–Crippen LogP) is 6.43. The molecule has 0 saturated carbocycles. The number of anilines is 1. The van der Waals surface area contributed by atoms with E-state index in [1.54, 1.807) is 54.6 Å². The summed E-state index contributed by atoms with van der Waals surface area (Å²) in [6, 6.07) is 17.9. The third-order valence-corrected chi connectivity index (χ3v) is 6.79. The fourth-order valence-corrected chi connectivity index (χ4v) is 4.99. The number of fused-ring (bicyclic) bond motifs is 1. The molecule has 4 aromatic rings. The number of aromatic hydroxyl groups is 1. The number of aryl methyl sites for hydroxylation is 1. The van der Waals surface area contributed by atoms with Gasteiger partial charge in [0.2, 0.25) is 0 Å². The van der Waals surface area contributed by atoms with Crippen LogP contribution in [0.15, 0.2) is 81.9 Å². The molecule has 0 aromatic heterocycles. The van der Waals surface area contributed by atoms with Gasteiger partial charge in [0.05, 0.1) is 23.4 Å². The third kappa shape index (κ3) is 5.15. The molecule has 184 valence electrons. The molecule has 1 amide bonds. The number of azo groups is 1. The lowest BCUT2D eigenvalue weighted by molar-refractivity contribution is 0.102. The van der Waals surface area contributed by atoms with Crippen LogP contribution in [-0.2, 0) is 10.1 Å². The van der Waals surface area contributed by atoms with Crippen LogP contribution in [0.25, 0.3) is 10.8 Å². The largest absolute Gasteiger partial charge is 0.505 e. The maximum atomic E-state index is 13.0. The molecule has 4 rings (SSSR count). The second kappa shape index (κ2) is 9.94. The van der Waals surface area contributed by atoms with Crippen molar-refractivity contribution in [2.45, 2.75) is 11.8 Å². The number of nitrogens with zero attached hydrogens (tertiary/aromatic N) is 2. The number of phenolic OH excluding ortho intramolecular Hbond substituents is 1. The smallest absolute Gasteiger partial charge is 0.296 e. The first-order valence-corrected chi connectivity index (χ1v) is 12.3. The minimum Gasteiger partial charge on any atom is -0.505 e. The third-order valence-electron chi connectivity index (χ3n) is 5.33. The van der Waals surface area contributed by atoms with E-state index < -0.39 is 20.9 Å². The molecule has 0 atom stereocenters. The van der Waals surface area contributed by atoms with Gasteiger partial charge in [-0.2, -0.15) is 13.5 Å². The molecule has 0 heterocycles. The monoisotopic (exact) mass is 525 g/mol. The summed E-state index contributed by atoms with van der Waals surface area (Å²) < 4.78 is 37.6. The molecule has 0 aliphatic carbocycles. The van der Waals surface area contributed by atoms with Gasteiger partial charge in [0, 0.05) is 11.1 Å². The standard InChI is InChI=1S/C25H20ClN3O6S/c1-14-11-17(13-21(26)24(14)36(32,33)34)28-29-22-19-6-4-3-5-15(19)12-20(23(22)30)25(31)27-16-7-9-18(35-2)10-8-16/h3-13,30H,1-2H3,(H,27,31)(H,32,33,34). The Morgan fingerprint density at radius 1 is 1.03 bits per heavy atom. The van der Waals surface area contributed by atoms with Crippen molar-refractivity contribution in [3.8, 4) is 11.5 Å². The fourth-order valence-electron chi connectivity index (χ4n) is 3.67. The molecule has 0 fully saturated rings. The van der Waals surface area contributed by atoms with Crippen LogP contribution >= 0.6 is 11.6 Å². The van der Waals surface area contributed by atoms with Crippen molar-refractivity contribution >= 4 is 55.5 Å². The zero-order chi connectivity index (χ0) is 26.0. The number of halogens is 1. The summed E-state index contributed by atoms with van der Waals surface area (Å²) in [6.45, 7) is 1.45. The Labute approximate surface area is 211 Å². The Kier molecular flexibility index (Phi) is 6.93. The van der Waals surface area contributed by atoms with Crippen LogP contribution in [0.2, 0.25) is 5.02 Å². The molecule has 0 saturated heterocycles. The first-order chi connectivity index (χ1) is 17.1. The highest BCUT2D eigenvalue weighted by Gasteiger charge is 2.20. The number of hydrogen-bond donors (Lipinski definition) is 3. The Morgan fingerprint density at radius 3 is 2.36 bits per heavy atom. The van der Waals surface area contributed by atoms with E-state index in [1.807, 2.05) is 0 Å². The van der Waals surface area contributed by atoms with Gasteiger partial charge in [-0.25, -0.2) is 0 Å². The van der Waals surface area contributed by atoms with Crippen molar-refractivity contribution in [2.75, 3.05) is 12.4 Å². The second-order valence-corrected chi connectivity index (χ2v) is 9.54. The SMILES string of the molecule is COc1ccc(NC(=O)c2cc3ccccc3c(N=Nc3cc(C)c(S(=O)(=O)O)c(Cl)c3)c2O)cc1. The zero-order valence-corrected chi connectivity index (χ0v) is 20.6. The van der Waals surface area contributed by atoms with Crippen LogP contribution in [0.5, 0.6) is 11.5 Å². The van der Waals surface area contributed by atoms with Crippen LogP contribution in [0.3, 0.4) is 0 Å². The number of rotatable bonds is 6. The van der Waals surface area contributed by atoms with Gasteiger partial charge in [0.25, 0.3) is 16.0 Å². The van der Waals surface area contributed by atoms with E-state index in [4.69, 9.17) is 16.3 Å². The van der Waals surface area contributed by atoms with Crippen molar-refractivity contribution in [3.05, 3.63) is 82.9 Å². The van der Waals surface area contributed by atoms with Crippen molar-refractivity contribution in [1.82, 2.24) is 0 Å². The number of carbonyl (C=O) groups excluding carboxylic acids is 1. The summed E-state index contributed by atoms with van der Waals surface area (Å²) >= 11 is 6.04. The van der Waals surface area contributed by atoms with Gasteiger partial charge in [-0.15, -0.1) is 5.11 Å². The first-order valence-electron chi connectivity index (χ1n) is 10.5. The molecule has 0 radical (unpaired) electrons. The average Bonchev–Trinajstić information content (AvgIpc) is 2.82. The summed E-state index contributed by atoms with van der Waals surface area (Å²) in [4.78, 5) is 12.6. The van der Waals surface area contributed by atoms with Crippen molar-refractivity contribution in [2.24, 2.45) is 10.2 Å². The van der Waals surface area contributed by atoms with E-state index in [0.29, 0.717) is 22.2 Å². The van der Waals surface area contributed by atoms with Gasteiger partial charge < -0.3 is 15.2 Å². The molecule has 36 heavy (non-hydrogen) atoms. The summed E-state index contributed by atoms with van der Waals surface area (Å²) in [6.07, 6.45) is 0. The summed E-state index contributed by atoms with van der Waals surface area (Å²) in [5.41, 5.74) is 0.873. The van der Waals surface area contributed by atoms with E-state index in [9.17, 15) is 22.9 Å². The second-order valence-electron chi connectivity index (χ2n) is 7.77. The molecule has 0 spiro atoms. The van der Waals surface area contributed by atoms with Gasteiger partial charge in [0.15, 0.2) is 5.75 Å². The number of methoxy groups -OCH3 is 1. The van der Waals surface area contributed by atoms with Crippen molar-refractivity contribution < 1.29 is 27.6 Å². The first kappa shape index (κ1) is 25.1. The normalized spacial score (nSPS) is 11.7. The Morgan fingerprint density at radius 2 is 1.72 bits per heavy atom. The maximum Gasteiger partial charge on any atom is 0.296 e. The lowest BCUT2D eigenvalue weighted by Crippen LogP contribution is -2.12. The van der Waals surface area contributed by atoms with Crippen LogP contribution in [0.1, 0.15) is 15.9 Å². The van der Waals surface area contributed by atoms with Crippen LogP contribution in [0.4, 0.5) is 17.1 Å². The topological polar surface area (TPSA) is 138 Å². The average molecular weight is 526 g/mol. The van der Waals surface area contributed by atoms with Gasteiger partial charge in [-0.3, -0.25) is 9.35 Å². The van der Waals surface area contributed by atoms with Gasteiger partial charge in [-0.1, -0.05) is 35.9 Å². The van der Waals surface area contributed by atoms with E-state index in [-0.39, 0.29) is 33.3 Å². The summed E-state index contributed by atoms with van der Waals surface area (Å²) in [5, 5.41) is 22.9. The molecule has 0 bridgehead atoms. The Balaban J connectivity index is 1.75. The highest BCUT2D eigenvalue weighted by molar-refractivity contribution is 7.86. The molecule has 11 heteroatoms. The molecule has 0 aliphatic rings. The fraction of sp³-hybridized carbons (Fsp3) is 0.0800. The predicted molar refractivity (Wildman–Crippen MR) is 137 cm³/mol. The number of carbonyl (C=O) groups is 1. The Bertz CT molecular complexity index is 1600. The molecule has 3 N–H and O–H groups in total. The quantitative estimate of drug-likeness (QED) is 0.196. The number of benzene rings is 4. The van der Waals surface area contributed by atoms with Gasteiger partial charge >= 0.3 is 0 Å². The number of nitrogens with one attached hydrogen (secondary N) is 1. The van der Waals surface area contributed by atoms with Crippen LogP contribution < -0.4 is 10.1 Å². The number of hydrogen-bond acceptors (Lipinski definition) is 7. The molecule has 4 aromatic carbocycles. The zero-order valence-electron chi connectivity index (χ0n) is 19.1. The lowest BCUT2D eigenvalue weighted by Gasteiger charge is -2.11.